The standard InChI is InChI=1S/C14H8F4O3/c15-7-1-3-9(11(17)5-7)14(21,13(19)20)10-4-2-8(16)6-12(10)18/h1-6,21H,(H,19,20)/p-1. The Morgan fingerprint density at radius 1 is 0.905 bits per heavy atom. The summed E-state index contributed by atoms with van der Waals surface area (Å²) in [5.41, 5.74) is -5.07. The molecule has 7 heteroatoms. The monoisotopic (exact) mass is 299 g/mol. The molecule has 0 unspecified atom stereocenters. The zero-order valence-electron chi connectivity index (χ0n) is 10.2. The quantitative estimate of drug-likeness (QED) is 0.867. The van der Waals surface area contributed by atoms with E-state index in [-0.39, 0.29) is 0 Å². The van der Waals surface area contributed by atoms with Gasteiger partial charge >= 0.3 is 0 Å². The first-order valence-corrected chi connectivity index (χ1v) is 5.61. The molecule has 0 atom stereocenters. The van der Waals surface area contributed by atoms with E-state index in [1.54, 1.807) is 0 Å². The van der Waals surface area contributed by atoms with Gasteiger partial charge < -0.3 is 15.0 Å². The highest BCUT2D eigenvalue weighted by Crippen LogP contribution is 2.33. The maximum atomic E-state index is 13.7. The molecule has 0 saturated carbocycles. The van der Waals surface area contributed by atoms with E-state index in [0.29, 0.717) is 36.4 Å². The molecule has 110 valence electrons. The zero-order chi connectivity index (χ0) is 15.8. The van der Waals surface area contributed by atoms with Gasteiger partial charge in [0.1, 0.15) is 23.3 Å². The normalized spacial score (nSPS) is 11.5. The molecule has 3 nitrogen and oxygen atoms in total. The largest absolute Gasteiger partial charge is 0.546 e. The smallest absolute Gasteiger partial charge is 0.160 e. The minimum Gasteiger partial charge on any atom is -0.546 e. The van der Waals surface area contributed by atoms with Crippen LogP contribution in [0.2, 0.25) is 0 Å². The molecule has 2 aromatic carbocycles. The van der Waals surface area contributed by atoms with E-state index in [1.807, 2.05) is 0 Å². The summed E-state index contributed by atoms with van der Waals surface area (Å²) in [4.78, 5) is 11.2. The van der Waals surface area contributed by atoms with Gasteiger partial charge in [0.15, 0.2) is 5.60 Å². The van der Waals surface area contributed by atoms with Crippen molar-refractivity contribution >= 4 is 5.97 Å². The number of carbonyl (C=O) groups excluding carboxylic acids is 1. The van der Waals surface area contributed by atoms with E-state index >= 15 is 0 Å². The van der Waals surface area contributed by atoms with Gasteiger partial charge in [-0.3, -0.25) is 0 Å². The number of halogens is 4. The topological polar surface area (TPSA) is 60.4 Å². The Balaban J connectivity index is 2.74. The van der Waals surface area contributed by atoms with Gasteiger partial charge in [-0.1, -0.05) is 0 Å². The van der Waals surface area contributed by atoms with Gasteiger partial charge in [-0.25, -0.2) is 17.6 Å². The van der Waals surface area contributed by atoms with Crippen molar-refractivity contribution in [3.05, 3.63) is 70.8 Å². The van der Waals surface area contributed by atoms with E-state index in [4.69, 9.17) is 0 Å². The predicted molar refractivity (Wildman–Crippen MR) is 60.7 cm³/mol. The fourth-order valence-corrected chi connectivity index (χ4v) is 1.93. The first-order valence-electron chi connectivity index (χ1n) is 5.61. The molecule has 0 saturated heterocycles. The predicted octanol–water partition coefficient (Wildman–Crippen LogP) is 1.23. The first kappa shape index (κ1) is 15.0. The van der Waals surface area contributed by atoms with Gasteiger partial charge in [0, 0.05) is 23.3 Å². The second kappa shape index (κ2) is 5.17. The second-order valence-electron chi connectivity index (χ2n) is 4.25. The first-order chi connectivity index (χ1) is 9.76. The van der Waals surface area contributed by atoms with Crippen molar-refractivity contribution in [2.75, 3.05) is 0 Å². The van der Waals surface area contributed by atoms with Gasteiger partial charge in [0.2, 0.25) is 0 Å². The number of benzene rings is 2. The molecule has 0 bridgehead atoms. The number of aliphatic hydroxyl groups is 1. The molecule has 2 rings (SSSR count). The Labute approximate surface area is 116 Å². The Hall–Kier alpha value is -2.41. The third-order valence-corrected chi connectivity index (χ3v) is 2.94. The van der Waals surface area contributed by atoms with Crippen molar-refractivity contribution in [3.63, 3.8) is 0 Å². The molecule has 0 spiro atoms. The third kappa shape index (κ3) is 2.47. The van der Waals surface area contributed by atoms with E-state index in [1.165, 1.54) is 0 Å². The van der Waals surface area contributed by atoms with Crippen LogP contribution in [0.25, 0.3) is 0 Å². The second-order valence-corrected chi connectivity index (χ2v) is 4.25. The van der Waals surface area contributed by atoms with E-state index in [0.717, 1.165) is 0 Å². The number of rotatable bonds is 3. The minimum absolute atomic E-state index is 0.324. The average molecular weight is 299 g/mol. The molecule has 1 N–H and O–H groups in total. The molecular formula is C14H7F4O3-. The zero-order valence-corrected chi connectivity index (χ0v) is 10.2. The van der Waals surface area contributed by atoms with Gasteiger partial charge in [0.25, 0.3) is 0 Å². The molecule has 0 aliphatic carbocycles. The van der Waals surface area contributed by atoms with Crippen molar-refractivity contribution in [3.8, 4) is 0 Å². The van der Waals surface area contributed by atoms with E-state index < -0.39 is 46.0 Å². The highest BCUT2D eigenvalue weighted by Gasteiger charge is 2.38. The molecule has 0 heterocycles. The lowest BCUT2D eigenvalue weighted by molar-refractivity contribution is -0.323. The summed E-state index contributed by atoms with van der Waals surface area (Å²) in [7, 11) is 0. The number of carbonyl (C=O) groups is 1. The lowest BCUT2D eigenvalue weighted by Crippen LogP contribution is -2.48. The number of aliphatic carboxylic acids is 1. The SMILES string of the molecule is O=C([O-])C(O)(c1ccc(F)cc1F)c1ccc(F)cc1F. The fourth-order valence-electron chi connectivity index (χ4n) is 1.93. The van der Waals surface area contributed by atoms with Crippen LogP contribution in [0.15, 0.2) is 36.4 Å². The lowest BCUT2D eigenvalue weighted by atomic mass is 9.85. The van der Waals surface area contributed by atoms with Gasteiger partial charge in [-0.2, -0.15) is 0 Å². The summed E-state index contributed by atoms with van der Waals surface area (Å²) < 4.78 is 53.2. The molecule has 0 radical (unpaired) electrons. The molecule has 0 fully saturated rings. The molecule has 0 aliphatic heterocycles. The number of carboxylic acids is 1. The van der Waals surface area contributed by atoms with Crippen molar-refractivity contribution < 1.29 is 32.6 Å². The average Bonchev–Trinajstić information content (AvgIpc) is 2.37. The third-order valence-electron chi connectivity index (χ3n) is 2.94. The van der Waals surface area contributed by atoms with Gasteiger partial charge in [-0.15, -0.1) is 0 Å². The summed E-state index contributed by atoms with van der Waals surface area (Å²) in [6.45, 7) is 0. The Bertz CT molecular complexity index is 664. The van der Waals surface area contributed by atoms with E-state index in [2.05, 4.69) is 0 Å². The van der Waals surface area contributed by atoms with Crippen molar-refractivity contribution in [2.24, 2.45) is 0 Å². The molecule has 2 aromatic rings. The van der Waals surface area contributed by atoms with Crippen LogP contribution in [-0.4, -0.2) is 11.1 Å². The molecule has 0 amide bonds. The Morgan fingerprint density at radius 2 is 1.29 bits per heavy atom. The van der Waals surface area contributed by atoms with Crippen molar-refractivity contribution in [1.29, 1.82) is 0 Å². The van der Waals surface area contributed by atoms with Crippen LogP contribution < -0.4 is 5.11 Å². The van der Waals surface area contributed by atoms with Crippen molar-refractivity contribution in [1.82, 2.24) is 0 Å². The number of hydrogen-bond donors (Lipinski definition) is 1. The highest BCUT2D eigenvalue weighted by molar-refractivity contribution is 5.82. The van der Waals surface area contributed by atoms with Crippen molar-refractivity contribution in [2.45, 2.75) is 5.60 Å². The number of hydrogen-bond acceptors (Lipinski definition) is 3. The Kier molecular flexibility index (Phi) is 3.69. The summed E-state index contributed by atoms with van der Waals surface area (Å²) in [5, 5.41) is 21.4. The fraction of sp³-hybridized carbons (Fsp3) is 0.0714. The van der Waals surface area contributed by atoms with Crippen LogP contribution in [0.4, 0.5) is 17.6 Å². The summed E-state index contributed by atoms with van der Waals surface area (Å²) in [6.07, 6.45) is 0. The van der Waals surface area contributed by atoms with Crippen LogP contribution in [-0.2, 0) is 10.4 Å². The maximum Gasteiger partial charge on any atom is 0.160 e. The van der Waals surface area contributed by atoms with Crippen LogP contribution in [0, 0.1) is 23.3 Å². The molecular weight excluding hydrogens is 292 g/mol. The minimum atomic E-state index is -3.23. The summed E-state index contributed by atoms with van der Waals surface area (Å²) in [6, 6.07) is 3.31. The summed E-state index contributed by atoms with van der Waals surface area (Å²) >= 11 is 0. The maximum absolute atomic E-state index is 13.7. The van der Waals surface area contributed by atoms with Gasteiger partial charge in [0.05, 0.1) is 5.97 Å². The number of carboxylic acid groups (broad SMARTS) is 1. The van der Waals surface area contributed by atoms with Crippen LogP contribution >= 0.6 is 0 Å². The van der Waals surface area contributed by atoms with Crippen LogP contribution in [0.5, 0.6) is 0 Å². The van der Waals surface area contributed by atoms with Gasteiger partial charge in [-0.05, 0) is 24.3 Å². The Morgan fingerprint density at radius 3 is 1.57 bits per heavy atom. The lowest BCUT2D eigenvalue weighted by Gasteiger charge is -2.30. The van der Waals surface area contributed by atoms with E-state index in [9.17, 15) is 32.6 Å². The van der Waals surface area contributed by atoms with Crippen LogP contribution in [0.3, 0.4) is 0 Å². The molecule has 0 aromatic heterocycles. The highest BCUT2D eigenvalue weighted by atomic mass is 19.1. The van der Waals surface area contributed by atoms with Crippen LogP contribution in [0.1, 0.15) is 11.1 Å². The summed E-state index contributed by atoms with van der Waals surface area (Å²) in [5.74, 6) is -7.09. The molecule has 21 heavy (non-hydrogen) atoms. The molecule has 0 aliphatic rings.